The van der Waals surface area contributed by atoms with Gasteiger partial charge in [-0.3, -0.25) is 4.79 Å². The molecule has 0 saturated heterocycles. The molecule has 2 rings (SSSR count). The van der Waals surface area contributed by atoms with Crippen LogP contribution in [0.15, 0.2) is 36.4 Å². The second-order valence-electron chi connectivity index (χ2n) is 4.30. The van der Waals surface area contributed by atoms with E-state index in [2.05, 4.69) is 10.1 Å². The summed E-state index contributed by atoms with van der Waals surface area (Å²) in [5.41, 5.74) is 0.0392. The molecule has 0 heterocycles. The van der Waals surface area contributed by atoms with Crippen LogP contribution < -0.4 is 14.8 Å². The molecular weight excluding hydrogens is 335 g/mol. The van der Waals surface area contributed by atoms with Crippen LogP contribution in [0.5, 0.6) is 11.5 Å². The number of benzene rings is 2. The molecule has 2 aromatic carbocycles. The first-order chi connectivity index (χ1) is 10.9. The number of ether oxygens (including phenoxy) is 2. The fraction of sp³-hybridized carbons (Fsp3) is 0.133. The lowest BCUT2D eigenvalue weighted by atomic mass is 10.1. The molecule has 0 aliphatic rings. The highest BCUT2D eigenvalue weighted by molar-refractivity contribution is 6.31. The zero-order chi connectivity index (χ0) is 17.0. The van der Waals surface area contributed by atoms with Gasteiger partial charge in [0.25, 0.3) is 5.91 Å². The number of nitrogens with one attached hydrogen (secondary N) is 1. The number of halogens is 4. The standard InChI is InChI=1S/C15H11ClF3NO3/c1-22-12-4-2-3-9(13(12)23-15(18)19)14(21)20-8-5-6-11(17)10(16)7-8/h2-7,15H,1H3,(H,20,21). The van der Waals surface area contributed by atoms with Crippen LogP contribution in [0.3, 0.4) is 0 Å². The summed E-state index contributed by atoms with van der Waals surface area (Å²) in [6, 6.07) is 7.67. The van der Waals surface area contributed by atoms with Gasteiger partial charge >= 0.3 is 6.61 Å². The van der Waals surface area contributed by atoms with Crippen molar-refractivity contribution in [1.82, 2.24) is 0 Å². The first kappa shape index (κ1) is 17.0. The number of para-hydroxylation sites is 1. The lowest BCUT2D eigenvalue weighted by Crippen LogP contribution is -2.15. The van der Waals surface area contributed by atoms with Crippen LogP contribution in [0.1, 0.15) is 10.4 Å². The highest BCUT2D eigenvalue weighted by atomic mass is 35.5. The maximum absolute atomic E-state index is 13.1. The molecule has 0 aromatic heterocycles. The highest BCUT2D eigenvalue weighted by Gasteiger charge is 2.20. The van der Waals surface area contributed by atoms with Gasteiger partial charge in [0, 0.05) is 5.69 Å². The number of methoxy groups -OCH3 is 1. The minimum atomic E-state index is -3.13. The van der Waals surface area contributed by atoms with Crippen molar-refractivity contribution in [2.24, 2.45) is 0 Å². The van der Waals surface area contributed by atoms with Crippen molar-refractivity contribution in [3.05, 3.63) is 52.8 Å². The van der Waals surface area contributed by atoms with Crippen LogP contribution in [0, 0.1) is 5.82 Å². The maximum atomic E-state index is 13.1. The van der Waals surface area contributed by atoms with Gasteiger partial charge in [0.05, 0.1) is 17.7 Å². The van der Waals surface area contributed by atoms with Crippen LogP contribution in [0.4, 0.5) is 18.9 Å². The Hall–Kier alpha value is -2.41. The van der Waals surface area contributed by atoms with Gasteiger partial charge in [-0.1, -0.05) is 17.7 Å². The Morgan fingerprint density at radius 3 is 2.61 bits per heavy atom. The number of alkyl halides is 2. The third-order valence-corrected chi connectivity index (χ3v) is 3.12. The third kappa shape index (κ3) is 4.07. The quantitative estimate of drug-likeness (QED) is 0.876. The summed E-state index contributed by atoms with van der Waals surface area (Å²) in [6.07, 6.45) is 0. The molecule has 23 heavy (non-hydrogen) atoms. The van der Waals surface area contributed by atoms with Crippen molar-refractivity contribution < 1.29 is 27.4 Å². The van der Waals surface area contributed by atoms with Gasteiger partial charge in [0.1, 0.15) is 5.82 Å². The fourth-order valence-corrected chi connectivity index (χ4v) is 2.02. The Bertz CT molecular complexity index is 725. The van der Waals surface area contributed by atoms with Crippen molar-refractivity contribution in [2.75, 3.05) is 12.4 Å². The second-order valence-corrected chi connectivity index (χ2v) is 4.71. The van der Waals surface area contributed by atoms with E-state index in [-0.39, 0.29) is 22.0 Å². The minimum absolute atomic E-state index is 0.0184. The van der Waals surface area contributed by atoms with Gasteiger partial charge in [0.2, 0.25) is 0 Å². The van der Waals surface area contributed by atoms with E-state index >= 15 is 0 Å². The molecule has 1 amide bonds. The van der Waals surface area contributed by atoms with Gasteiger partial charge in [-0.15, -0.1) is 0 Å². The number of hydrogen-bond acceptors (Lipinski definition) is 3. The average molecular weight is 346 g/mol. The molecule has 0 fully saturated rings. The molecule has 0 spiro atoms. The summed E-state index contributed by atoms with van der Waals surface area (Å²) in [6.45, 7) is -3.13. The molecule has 2 aromatic rings. The van der Waals surface area contributed by atoms with Crippen molar-refractivity contribution in [3.63, 3.8) is 0 Å². The topological polar surface area (TPSA) is 47.6 Å². The maximum Gasteiger partial charge on any atom is 0.387 e. The van der Waals surface area contributed by atoms with Gasteiger partial charge in [-0.05, 0) is 30.3 Å². The molecule has 4 nitrogen and oxygen atoms in total. The summed E-state index contributed by atoms with van der Waals surface area (Å²) in [5.74, 6) is -1.79. The summed E-state index contributed by atoms with van der Waals surface area (Å²) in [4.78, 5) is 12.3. The lowest BCUT2D eigenvalue weighted by molar-refractivity contribution is -0.0515. The van der Waals surface area contributed by atoms with E-state index in [1.54, 1.807) is 0 Å². The molecular formula is C15H11ClF3NO3. The van der Waals surface area contributed by atoms with E-state index in [0.29, 0.717) is 0 Å². The largest absolute Gasteiger partial charge is 0.493 e. The van der Waals surface area contributed by atoms with Crippen LogP contribution in [0.2, 0.25) is 5.02 Å². The summed E-state index contributed by atoms with van der Waals surface area (Å²) >= 11 is 5.62. The normalized spacial score (nSPS) is 10.5. The Labute approximate surface area is 134 Å². The van der Waals surface area contributed by atoms with E-state index in [4.69, 9.17) is 16.3 Å². The molecule has 0 radical (unpaired) electrons. The number of carbonyl (C=O) groups excluding carboxylic acids is 1. The van der Waals surface area contributed by atoms with Crippen molar-refractivity contribution in [3.8, 4) is 11.5 Å². The van der Waals surface area contributed by atoms with Crippen LogP contribution >= 0.6 is 11.6 Å². The van der Waals surface area contributed by atoms with Gasteiger partial charge in [-0.25, -0.2) is 4.39 Å². The van der Waals surface area contributed by atoms with Crippen molar-refractivity contribution >= 4 is 23.2 Å². The fourth-order valence-electron chi connectivity index (χ4n) is 1.84. The van der Waals surface area contributed by atoms with E-state index in [0.717, 1.165) is 6.07 Å². The SMILES string of the molecule is COc1cccc(C(=O)Nc2ccc(F)c(Cl)c2)c1OC(F)F. The Morgan fingerprint density at radius 1 is 1.26 bits per heavy atom. The second kappa shape index (κ2) is 7.23. The summed E-state index contributed by atoms with van der Waals surface area (Å²) < 4.78 is 47.4. The van der Waals surface area contributed by atoms with E-state index in [9.17, 15) is 18.0 Å². The number of hydrogen-bond donors (Lipinski definition) is 1. The molecule has 0 aliphatic heterocycles. The molecule has 0 atom stereocenters. The van der Waals surface area contributed by atoms with Gasteiger partial charge < -0.3 is 14.8 Å². The Balaban J connectivity index is 2.32. The Kier molecular flexibility index (Phi) is 5.33. The van der Waals surface area contributed by atoms with E-state index < -0.39 is 24.1 Å². The molecule has 8 heteroatoms. The van der Waals surface area contributed by atoms with E-state index in [1.807, 2.05) is 0 Å². The molecule has 0 saturated carbocycles. The zero-order valence-corrected chi connectivity index (χ0v) is 12.5. The van der Waals surface area contributed by atoms with Crippen molar-refractivity contribution in [2.45, 2.75) is 6.61 Å². The average Bonchev–Trinajstić information content (AvgIpc) is 2.50. The number of rotatable bonds is 5. The van der Waals surface area contributed by atoms with Crippen LogP contribution in [-0.4, -0.2) is 19.6 Å². The summed E-state index contributed by atoms with van der Waals surface area (Å²) in [7, 11) is 1.26. The third-order valence-electron chi connectivity index (χ3n) is 2.83. The zero-order valence-electron chi connectivity index (χ0n) is 11.8. The minimum Gasteiger partial charge on any atom is -0.493 e. The number of amides is 1. The van der Waals surface area contributed by atoms with Crippen molar-refractivity contribution in [1.29, 1.82) is 0 Å². The lowest BCUT2D eigenvalue weighted by Gasteiger charge is -2.14. The highest BCUT2D eigenvalue weighted by Crippen LogP contribution is 2.33. The number of carbonyl (C=O) groups is 1. The molecule has 0 aliphatic carbocycles. The number of anilines is 1. The van der Waals surface area contributed by atoms with Gasteiger partial charge in [0.15, 0.2) is 11.5 Å². The molecule has 0 bridgehead atoms. The predicted octanol–water partition coefficient (Wildman–Crippen LogP) is 4.34. The molecule has 1 N–H and O–H groups in total. The molecule has 122 valence electrons. The van der Waals surface area contributed by atoms with Crippen LogP contribution in [0.25, 0.3) is 0 Å². The Morgan fingerprint density at radius 2 is 2.00 bits per heavy atom. The van der Waals surface area contributed by atoms with Crippen LogP contribution in [-0.2, 0) is 0 Å². The first-order valence-corrected chi connectivity index (χ1v) is 6.68. The smallest absolute Gasteiger partial charge is 0.387 e. The first-order valence-electron chi connectivity index (χ1n) is 6.30. The van der Waals surface area contributed by atoms with E-state index in [1.165, 1.54) is 37.4 Å². The molecule has 0 unspecified atom stereocenters. The monoisotopic (exact) mass is 345 g/mol. The summed E-state index contributed by atoms with van der Waals surface area (Å²) in [5, 5.41) is 2.24. The van der Waals surface area contributed by atoms with Gasteiger partial charge in [-0.2, -0.15) is 8.78 Å². The predicted molar refractivity (Wildman–Crippen MR) is 79.0 cm³/mol.